The minimum absolute atomic E-state index is 0.0869. The van der Waals surface area contributed by atoms with Crippen LogP contribution in [0, 0.1) is 5.82 Å². The van der Waals surface area contributed by atoms with Gasteiger partial charge in [0.2, 0.25) is 0 Å². The quantitative estimate of drug-likeness (QED) is 0.641. The fourth-order valence-corrected chi connectivity index (χ4v) is 3.84. The van der Waals surface area contributed by atoms with Gasteiger partial charge in [-0.25, -0.2) is 4.39 Å². The van der Waals surface area contributed by atoms with Crippen LogP contribution in [0.2, 0.25) is 5.02 Å². The van der Waals surface area contributed by atoms with Crippen LogP contribution in [-0.2, 0) is 11.2 Å². The van der Waals surface area contributed by atoms with E-state index in [1.165, 1.54) is 12.1 Å². The SMILES string of the molecule is O[C@@H]1[C@@H](O)[C@H](n2cc(Cc3ccc(F)cc3)c3c(Cl)cccc32)OC[C@H]1O. The third-order valence-electron chi connectivity index (χ3n) is 4.94. The van der Waals surface area contributed by atoms with E-state index in [-0.39, 0.29) is 12.4 Å². The maximum Gasteiger partial charge on any atom is 0.162 e. The van der Waals surface area contributed by atoms with Crippen molar-refractivity contribution in [1.29, 1.82) is 0 Å². The summed E-state index contributed by atoms with van der Waals surface area (Å²) in [6.45, 7) is -0.0869. The van der Waals surface area contributed by atoms with Crippen molar-refractivity contribution in [3.05, 3.63) is 70.6 Å². The first-order valence-corrected chi connectivity index (χ1v) is 9.01. The van der Waals surface area contributed by atoms with Crippen LogP contribution in [-0.4, -0.2) is 44.8 Å². The third-order valence-corrected chi connectivity index (χ3v) is 5.26. The average molecular weight is 392 g/mol. The first kappa shape index (κ1) is 18.4. The Bertz CT molecular complexity index is 959. The summed E-state index contributed by atoms with van der Waals surface area (Å²) in [7, 11) is 0. The van der Waals surface area contributed by atoms with Crippen molar-refractivity contribution in [2.24, 2.45) is 0 Å². The predicted octanol–water partition coefficient (Wildman–Crippen LogP) is 2.64. The summed E-state index contributed by atoms with van der Waals surface area (Å²) in [4.78, 5) is 0. The Morgan fingerprint density at radius 1 is 1.07 bits per heavy atom. The summed E-state index contributed by atoms with van der Waals surface area (Å²) in [6, 6.07) is 11.7. The van der Waals surface area contributed by atoms with E-state index in [0.717, 1.165) is 22.0 Å². The fourth-order valence-electron chi connectivity index (χ4n) is 3.55. The Labute approximate surface area is 160 Å². The van der Waals surface area contributed by atoms with Crippen LogP contribution < -0.4 is 0 Å². The minimum Gasteiger partial charge on any atom is -0.388 e. The van der Waals surface area contributed by atoms with E-state index >= 15 is 0 Å². The highest BCUT2D eigenvalue weighted by Crippen LogP contribution is 2.35. The maximum absolute atomic E-state index is 13.2. The van der Waals surface area contributed by atoms with Crippen LogP contribution in [0.15, 0.2) is 48.7 Å². The Morgan fingerprint density at radius 3 is 2.56 bits per heavy atom. The van der Waals surface area contributed by atoms with Crippen LogP contribution in [0.5, 0.6) is 0 Å². The van der Waals surface area contributed by atoms with Gasteiger partial charge in [-0.05, 0) is 41.8 Å². The van der Waals surface area contributed by atoms with Gasteiger partial charge in [0.1, 0.15) is 24.1 Å². The zero-order valence-electron chi connectivity index (χ0n) is 14.3. The number of aromatic nitrogens is 1. The lowest BCUT2D eigenvalue weighted by Crippen LogP contribution is -2.50. The summed E-state index contributed by atoms with van der Waals surface area (Å²) >= 11 is 6.43. The molecule has 0 radical (unpaired) electrons. The monoisotopic (exact) mass is 391 g/mol. The highest BCUT2D eigenvalue weighted by molar-refractivity contribution is 6.35. The summed E-state index contributed by atoms with van der Waals surface area (Å²) in [5.74, 6) is -0.300. The fraction of sp³-hybridized carbons (Fsp3) is 0.300. The molecule has 0 aliphatic carbocycles. The van der Waals surface area contributed by atoms with E-state index in [1.54, 1.807) is 28.8 Å². The van der Waals surface area contributed by atoms with E-state index < -0.39 is 24.5 Å². The first-order chi connectivity index (χ1) is 13.0. The van der Waals surface area contributed by atoms with Crippen molar-refractivity contribution in [3.8, 4) is 0 Å². The third kappa shape index (κ3) is 3.35. The molecule has 4 rings (SSSR count). The van der Waals surface area contributed by atoms with E-state index in [4.69, 9.17) is 16.3 Å². The number of benzene rings is 2. The molecule has 0 bridgehead atoms. The molecule has 1 aliphatic heterocycles. The highest BCUT2D eigenvalue weighted by Gasteiger charge is 2.39. The molecule has 3 N–H and O–H groups in total. The van der Waals surface area contributed by atoms with Gasteiger partial charge in [0.15, 0.2) is 6.23 Å². The molecule has 142 valence electrons. The largest absolute Gasteiger partial charge is 0.388 e. The van der Waals surface area contributed by atoms with E-state index in [0.29, 0.717) is 11.4 Å². The first-order valence-electron chi connectivity index (χ1n) is 8.64. The molecule has 1 saturated heterocycles. The second-order valence-electron chi connectivity index (χ2n) is 6.77. The molecule has 0 amide bonds. The zero-order chi connectivity index (χ0) is 19.1. The predicted molar refractivity (Wildman–Crippen MR) is 99.2 cm³/mol. The number of rotatable bonds is 3. The molecule has 3 aromatic rings. The van der Waals surface area contributed by atoms with E-state index in [9.17, 15) is 19.7 Å². The highest BCUT2D eigenvalue weighted by atomic mass is 35.5. The Balaban J connectivity index is 1.78. The maximum atomic E-state index is 13.2. The number of hydrogen-bond acceptors (Lipinski definition) is 4. The van der Waals surface area contributed by atoms with Gasteiger partial charge in [0, 0.05) is 11.6 Å². The summed E-state index contributed by atoms with van der Waals surface area (Å²) in [6.07, 6.45) is -2.26. The lowest BCUT2D eigenvalue weighted by atomic mass is 10.0. The van der Waals surface area contributed by atoms with Crippen molar-refractivity contribution in [2.45, 2.75) is 31.0 Å². The van der Waals surface area contributed by atoms with Crippen molar-refractivity contribution in [1.82, 2.24) is 4.57 Å². The normalized spacial score (nSPS) is 25.8. The molecule has 1 fully saturated rings. The van der Waals surface area contributed by atoms with Crippen LogP contribution in [0.3, 0.4) is 0 Å². The van der Waals surface area contributed by atoms with Gasteiger partial charge in [0.25, 0.3) is 0 Å². The van der Waals surface area contributed by atoms with Crippen LogP contribution in [0.25, 0.3) is 10.9 Å². The molecule has 27 heavy (non-hydrogen) atoms. The molecule has 1 aliphatic rings. The van der Waals surface area contributed by atoms with Gasteiger partial charge in [-0.15, -0.1) is 0 Å². The summed E-state index contributed by atoms with van der Waals surface area (Å²) in [5, 5.41) is 31.5. The van der Waals surface area contributed by atoms with Crippen molar-refractivity contribution >= 4 is 22.5 Å². The van der Waals surface area contributed by atoms with Gasteiger partial charge >= 0.3 is 0 Å². The average Bonchev–Trinajstić information content (AvgIpc) is 3.01. The standard InChI is InChI=1S/C20H19ClFNO4/c21-14-2-1-3-15-17(14)12(8-11-4-6-13(22)7-5-11)9-23(15)20-19(26)18(25)16(24)10-27-20/h1-7,9,16,18-20,24-26H,8,10H2/t16-,18+,19-,20-/m1/s1. The van der Waals surface area contributed by atoms with E-state index in [2.05, 4.69) is 0 Å². The topological polar surface area (TPSA) is 74.9 Å². The number of aliphatic hydroxyl groups is 3. The number of fused-ring (bicyclic) bond motifs is 1. The van der Waals surface area contributed by atoms with Crippen LogP contribution in [0.4, 0.5) is 4.39 Å². The number of hydrogen-bond donors (Lipinski definition) is 3. The number of halogens is 2. The smallest absolute Gasteiger partial charge is 0.162 e. The number of ether oxygens (including phenoxy) is 1. The van der Waals surface area contributed by atoms with E-state index in [1.807, 2.05) is 12.3 Å². The zero-order valence-corrected chi connectivity index (χ0v) is 15.1. The summed E-state index contributed by atoms with van der Waals surface area (Å²) in [5.41, 5.74) is 2.54. The molecule has 7 heteroatoms. The second-order valence-corrected chi connectivity index (χ2v) is 7.18. The molecule has 2 heterocycles. The Kier molecular flexibility index (Phi) is 4.92. The number of nitrogens with zero attached hydrogens (tertiary/aromatic N) is 1. The molecule has 2 aromatic carbocycles. The Hall–Kier alpha value is -1.96. The number of aliphatic hydroxyl groups excluding tert-OH is 3. The van der Waals surface area contributed by atoms with Gasteiger partial charge in [-0.1, -0.05) is 29.8 Å². The van der Waals surface area contributed by atoms with Gasteiger partial charge in [-0.2, -0.15) is 0 Å². The Morgan fingerprint density at radius 2 is 1.81 bits per heavy atom. The van der Waals surface area contributed by atoms with Gasteiger partial charge in [0.05, 0.1) is 17.1 Å². The lowest BCUT2D eigenvalue weighted by molar-refractivity contribution is -0.209. The van der Waals surface area contributed by atoms with Crippen molar-refractivity contribution < 1.29 is 24.4 Å². The van der Waals surface area contributed by atoms with Crippen LogP contribution in [0.1, 0.15) is 17.4 Å². The summed E-state index contributed by atoms with van der Waals surface area (Å²) < 4.78 is 20.5. The minimum atomic E-state index is -1.30. The van der Waals surface area contributed by atoms with Gasteiger partial charge < -0.3 is 24.6 Å². The lowest BCUT2D eigenvalue weighted by Gasteiger charge is -2.36. The molecule has 5 nitrogen and oxygen atoms in total. The van der Waals surface area contributed by atoms with Crippen LogP contribution >= 0.6 is 11.6 Å². The molecule has 4 atom stereocenters. The molecule has 1 aromatic heterocycles. The molecular formula is C20H19ClFNO4. The molecular weight excluding hydrogens is 373 g/mol. The molecule has 0 saturated carbocycles. The molecule has 0 spiro atoms. The van der Waals surface area contributed by atoms with Gasteiger partial charge in [-0.3, -0.25) is 0 Å². The van der Waals surface area contributed by atoms with Crippen molar-refractivity contribution in [3.63, 3.8) is 0 Å². The molecule has 0 unspecified atom stereocenters. The van der Waals surface area contributed by atoms with Crippen molar-refractivity contribution in [2.75, 3.05) is 6.61 Å². The second kappa shape index (κ2) is 7.22.